The molecule has 0 aliphatic carbocycles. The summed E-state index contributed by atoms with van der Waals surface area (Å²) >= 11 is 0. The van der Waals surface area contributed by atoms with Gasteiger partial charge < -0.3 is 9.64 Å². The lowest BCUT2D eigenvalue weighted by molar-refractivity contribution is -0.123. The number of ether oxygens (including phenoxy) is 1. The molecule has 1 heterocycles. The summed E-state index contributed by atoms with van der Waals surface area (Å²) in [4.78, 5) is 19.1. The maximum Gasteiger partial charge on any atom is 0.253 e. The minimum Gasteiger partial charge on any atom is -0.454 e. The van der Waals surface area contributed by atoms with Crippen molar-refractivity contribution < 1.29 is 13.9 Å². The molecule has 0 spiro atoms. The molecule has 4 nitrogen and oxygen atoms in total. The van der Waals surface area contributed by atoms with Gasteiger partial charge in [0.1, 0.15) is 5.75 Å². The lowest BCUT2D eigenvalue weighted by atomic mass is 10.0. The van der Waals surface area contributed by atoms with Crippen LogP contribution in [-0.2, 0) is 11.2 Å². The Morgan fingerprint density at radius 1 is 1.03 bits per heavy atom. The summed E-state index contributed by atoms with van der Waals surface area (Å²) in [6, 6.07) is 22.2. The maximum absolute atomic E-state index is 15.1. The Morgan fingerprint density at radius 2 is 1.78 bits per heavy atom. The van der Waals surface area contributed by atoms with Crippen molar-refractivity contribution in [1.29, 1.82) is 0 Å². The van der Waals surface area contributed by atoms with Gasteiger partial charge in [0.15, 0.2) is 11.6 Å². The van der Waals surface area contributed by atoms with Crippen LogP contribution in [0.3, 0.4) is 0 Å². The number of fused-ring (bicyclic) bond motifs is 1. The van der Waals surface area contributed by atoms with E-state index in [-0.39, 0.29) is 11.7 Å². The average Bonchev–Trinajstić information content (AvgIpc) is 2.91. The zero-order valence-corrected chi connectivity index (χ0v) is 21.0. The first-order chi connectivity index (χ1) is 17.5. The largest absolute Gasteiger partial charge is 0.454 e. The van der Waals surface area contributed by atoms with E-state index in [4.69, 9.17) is 4.74 Å². The molecule has 0 atom stereocenters. The van der Waals surface area contributed by atoms with Gasteiger partial charge in [-0.05, 0) is 61.7 Å². The predicted molar refractivity (Wildman–Crippen MR) is 146 cm³/mol. The first-order valence-corrected chi connectivity index (χ1v) is 11.7. The van der Waals surface area contributed by atoms with E-state index in [1.54, 1.807) is 49.3 Å². The van der Waals surface area contributed by atoms with Crippen molar-refractivity contribution in [1.82, 2.24) is 9.88 Å². The summed E-state index contributed by atoms with van der Waals surface area (Å²) in [6.07, 6.45) is 4.11. The van der Waals surface area contributed by atoms with Crippen LogP contribution >= 0.6 is 0 Å². The van der Waals surface area contributed by atoms with Gasteiger partial charge in [-0.1, -0.05) is 54.1 Å². The Morgan fingerprint density at radius 3 is 2.47 bits per heavy atom. The molecule has 1 aromatic heterocycles. The summed E-state index contributed by atoms with van der Waals surface area (Å²) < 4.78 is 21.0. The Labute approximate surface area is 212 Å². The predicted octanol–water partition coefficient (Wildman–Crippen LogP) is 7.38. The van der Waals surface area contributed by atoms with Crippen LogP contribution in [0.2, 0.25) is 0 Å². The fourth-order valence-electron chi connectivity index (χ4n) is 3.86. The number of carbonyl (C=O) groups is 1. The standard InChI is InChI=1S/C29H27FN2O2.C2H4/c1-4-23(29(33)32(3)17-15-21-8-6-5-7-9-21)22-11-13-28(25(30)19-22)34-27-14-16-31-26-12-10-20(2)18-24(26)27;1-2/h4-14,16,18-19H,15,17H2,1-3H3;1-2H2/b23-4-;. The van der Waals surface area contributed by atoms with E-state index in [2.05, 4.69) is 18.1 Å². The zero-order chi connectivity index (χ0) is 26.1. The van der Waals surface area contributed by atoms with Crippen LogP contribution in [0.1, 0.15) is 23.6 Å². The highest BCUT2D eigenvalue weighted by molar-refractivity contribution is 6.19. The Bertz CT molecular complexity index is 1370. The quantitative estimate of drug-likeness (QED) is 0.204. The third-order valence-electron chi connectivity index (χ3n) is 5.76. The number of rotatable bonds is 7. The van der Waals surface area contributed by atoms with Crippen LogP contribution in [0.15, 0.2) is 98.2 Å². The van der Waals surface area contributed by atoms with Gasteiger partial charge in [0.05, 0.1) is 5.52 Å². The average molecular weight is 483 g/mol. The van der Waals surface area contributed by atoms with Crippen LogP contribution in [0.4, 0.5) is 4.39 Å². The highest BCUT2D eigenvalue weighted by Crippen LogP contribution is 2.32. The van der Waals surface area contributed by atoms with Crippen LogP contribution in [-0.4, -0.2) is 29.4 Å². The molecule has 0 bridgehead atoms. The van der Waals surface area contributed by atoms with Crippen molar-refractivity contribution in [3.63, 3.8) is 0 Å². The van der Waals surface area contributed by atoms with Gasteiger partial charge in [0.2, 0.25) is 0 Å². The smallest absolute Gasteiger partial charge is 0.253 e. The van der Waals surface area contributed by atoms with Crippen LogP contribution < -0.4 is 4.74 Å². The fourth-order valence-corrected chi connectivity index (χ4v) is 3.86. The lowest BCUT2D eigenvalue weighted by Crippen LogP contribution is -2.29. The van der Waals surface area contributed by atoms with E-state index < -0.39 is 5.82 Å². The summed E-state index contributed by atoms with van der Waals surface area (Å²) in [5.41, 5.74) is 3.97. The number of likely N-dealkylation sites (N-methyl/N-ethyl adjacent to an activating group) is 1. The van der Waals surface area contributed by atoms with Crippen LogP contribution in [0.5, 0.6) is 11.5 Å². The van der Waals surface area contributed by atoms with Crippen molar-refractivity contribution in [2.24, 2.45) is 0 Å². The van der Waals surface area contributed by atoms with Crippen LogP contribution in [0, 0.1) is 12.7 Å². The second-order valence-corrected chi connectivity index (χ2v) is 8.24. The van der Waals surface area contributed by atoms with Gasteiger partial charge in [0, 0.05) is 30.7 Å². The van der Waals surface area contributed by atoms with Gasteiger partial charge in [-0.2, -0.15) is 0 Å². The molecule has 0 aliphatic rings. The molecule has 0 unspecified atom stereocenters. The second-order valence-electron chi connectivity index (χ2n) is 8.24. The van der Waals surface area contributed by atoms with E-state index in [0.717, 1.165) is 28.5 Å². The molecule has 4 rings (SSSR count). The van der Waals surface area contributed by atoms with Crippen molar-refractivity contribution in [2.45, 2.75) is 20.3 Å². The lowest BCUT2D eigenvalue weighted by Gasteiger charge is -2.19. The van der Waals surface area contributed by atoms with Gasteiger partial charge in [-0.15, -0.1) is 13.2 Å². The molecule has 0 fully saturated rings. The summed E-state index contributed by atoms with van der Waals surface area (Å²) in [7, 11) is 1.76. The number of nitrogens with zero attached hydrogens (tertiary/aromatic N) is 2. The molecule has 1 amide bonds. The van der Waals surface area contributed by atoms with Crippen molar-refractivity contribution in [3.05, 3.63) is 121 Å². The first-order valence-electron chi connectivity index (χ1n) is 11.7. The molecule has 0 N–H and O–H groups in total. The number of benzene rings is 3. The molecule has 4 aromatic rings. The van der Waals surface area contributed by atoms with Gasteiger partial charge >= 0.3 is 0 Å². The summed E-state index contributed by atoms with van der Waals surface area (Å²) in [5.74, 6) is -0.0577. The fraction of sp³-hybridized carbons (Fsp3) is 0.161. The minimum absolute atomic E-state index is 0.0955. The number of carbonyl (C=O) groups excluding carboxylic acids is 1. The Hall–Kier alpha value is -4.25. The number of hydrogen-bond acceptors (Lipinski definition) is 3. The molecule has 5 heteroatoms. The van der Waals surface area contributed by atoms with Crippen molar-refractivity contribution in [2.75, 3.05) is 13.6 Å². The molecular weight excluding hydrogens is 451 g/mol. The molecule has 0 aliphatic heterocycles. The maximum atomic E-state index is 15.1. The molecule has 3 aromatic carbocycles. The minimum atomic E-state index is -0.533. The van der Waals surface area contributed by atoms with E-state index in [0.29, 0.717) is 23.4 Å². The molecule has 0 saturated heterocycles. The number of hydrogen-bond donors (Lipinski definition) is 0. The van der Waals surface area contributed by atoms with Gasteiger partial charge in [0.25, 0.3) is 5.91 Å². The van der Waals surface area contributed by atoms with E-state index in [1.165, 1.54) is 6.07 Å². The summed E-state index contributed by atoms with van der Waals surface area (Å²) in [5, 5.41) is 0.815. The topological polar surface area (TPSA) is 42.4 Å². The molecular formula is C31H31FN2O2. The SMILES string of the molecule is C/C=C(\C(=O)N(C)CCc1ccccc1)c1ccc(Oc2ccnc3ccc(C)cc23)c(F)c1.C=C. The number of pyridine rings is 1. The first kappa shape index (κ1) is 26.4. The van der Waals surface area contributed by atoms with Crippen LogP contribution in [0.25, 0.3) is 16.5 Å². The highest BCUT2D eigenvalue weighted by Gasteiger charge is 2.18. The third-order valence-corrected chi connectivity index (χ3v) is 5.76. The van der Waals surface area contributed by atoms with E-state index >= 15 is 4.39 Å². The third kappa shape index (κ3) is 6.25. The number of aromatic nitrogens is 1. The number of halogens is 1. The molecule has 0 saturated carbocycles. The van der Waals surface area contributed by atoms with Crippen molar-refractivity contribution >= 4 is 22.4 Å². The van der Waals surface area contributed by atoms with Gasteiger partial charge in [-0.25, -0.2) is 4.39 Å². The monoisotopic (exact) mass is 482 g/mol. The molecule has 184 valence electrons. The van der Waals surface area contributed by atoms with E-state index in [9.17, 15) is 4.79 Å². The summed E-state index contributed by atoms with van der Waals surface area (Å²) in [6.45, 7) is 10.3. The van der Waals surface area contributed by atoms with Crippen molar-refractivity contribution in [3.8, 4) is 11.5 Å². The Kier molecular flexibility index (Phi) is 9.12. The second kappa shape index (κ2) is 12.5. The molecule has 36 heavy (non-hydrogen) atoms. The Balaban J connectivity index is 0.00000176. The number of allylic oxidation sites excluding steroid dienone is 1. The van der Waals surface area contributed by atoms with E-state index in [1.807, 2.05) is 55.5 Å². The normalized spacial score (nSPS) is 10.9. The zero-order valence-electron chi connectivity index (χ0n) is 21.0. The van der Waals surface area contributed by atoms with Gasteiger partial charge in [-0.3, -0.25) is 9.78 Å². The highest BCUT2D eigenvalue weighted by atomic mass is 19.1. The molecule has 0 radical (unpaired) electrons. The number of amides is 1. The number of aryl methyl sites for hydroxylation is 1.